The van der Waals surface area contributed by atoms with Gasteiger partial charge in [-0.2, -0.15) is 0 Å². The highest BCUT2D eigenvalue weighted by Gasteiger charge is 2.25. The molecule has 0 aliphatic carbocycles. The van der Waals surface area contributed by atoms with Crippen molar-refractivity contribution in [2.75, 3.05) is 6.61 Å². The third-order valence-corrected chi connectivity index (χ3v) is 4.89. The fourth-order valence-corrected chi connectivity index (χ4v) is 3.10. The minimum atomic E-state index is -0.961. The molecule has 0 fully saturated rings. The second kappa shape index (κ2) is 9.11. The molecule has 2 rings (SSSR count). The maximum atomic E-state index is 11.1. The van der Waals surface area contributed by atoms with E-state index in [0.29, 0.717) is 0 Å². The number of benzene rings is 2. The van der Waals surface area contributed by atoms with Crippen LogP contribution in [-0.4, -0.2) is 24.5 Å². The molecule has 0 heterocycles. The van der Waals surface area contributed by atoms with E-state index in [9.17, 15) is 4.79 Å². The number of hydrogen-bond acceptors (Lipinski definition) is 3. The maximum absolute atomic E-state index is 11.1. The molecule has 0 saturated heterocycles. The first-order valence-corrected chi connectivity index (χ1v) is 9.44. The Morgan fingerprint density at radius 1 is 0.962 bits per heavy atom. The van der Waals surface area contributed by atoms with Gasteiger partial charge in [-0.05, 0) is 48.9 Å². The van der Waals surface area contributed by atoms with Crippen LogP contribution in [0, 0.1) is 0 Å². The van der Waals surface area contributed by atoms with Gasteiger partial charge in [0, 0.05) is 5.92 Å². The molecule has 140 valence electrons. The van der Waals surface area contributed by atoms with Gasteiger partial charge < -0.3 is 15.3 Å². The molecule has 3 heteroatoms. The number of hydrogen-bond donors (Lipinski definition) is 1. The van der Waals surface area contributed by atoms with E-state index >= 15 is 0 Å². The standard InChI is InChI=1S/C23H31NO2/c1-5-18-7-11-20(12-8-18)22(17(3)26-16-23(4,24)15-25)21-13-9-19(6-2)10-14-21/h7-15,17,22H,5-6,16,24H2,1-4H3/t17-,23+/m0/s1. The smallest absolute Gasteiger partial charge is 0.141 e. The molecule has 3 nitrogen and oxygen atoms in total. The molecule has 0 spiro atoms. The third kappa shape index (κ3) is 5.26. The average molecular weight is 354 g/mol. The molecule has 2 aromatic rings. The van der Waals surface area contributed by atoms with E-state index in [2.05, 4.69) is 62.4 Å². The monoisotopic (exact) mass is 353 g/mol. The number of carbonyl (C=O) groups is 1. The third-order valence-electron chi connectivity index (χ3n) is 4.89. The Bertz CT molecular complexity index is 642. The van der Waals surface area contributed by atoms with Crippen molar-refractivity contribution in [1.29, 1.82) is 0 Å². The van der Waals surface area contributed by atoms with Crippen molar-refractivity contribution in [2.45, 2.75) is 58.1 Å². The number of ether oxygens (including phenoxy) is 1. The van der Waals surface area contributed by atoms with Gasteiger partial charge in [0.25, 0.3) is 0 Å². The number of aryl methyl sites for hydroxylation is 2. The van der Waals surface area contributed by atoms with Crippen LogP contribution in [0.3, 0.4) is 0 Å². The lowest BCUT2D eigenvalue weighted by molar-refractivity contribution is -0.114. The van der Waals surface area contributed by atoms with Gasteiger partial charge in [0.2, 0.25) is 0 Å². The predicted octanol–water partition coefficient (Wildman–Crippen LogP) is 4.26. The van der Waals surface area contributed by atoms with Crippen molar-refractivity contribution in [3.05, 3.63) is 70.8 Å². The molecule has 0 unspecified atom stereocenters. The molecule has 2 N–H and O–H groups in total. The minimum Gasteiger partial charge on any atom is -0.375 e. The van der Waals surface area contributed by atoms with Crippen LogP contribution in [0.1, 0.15) is 55.9 Å². The van der Waals surface area contributed by atoms with Crippen LogP contribution in [0.15, 0.2) is 48.5 Å². The number of rotatable bonds is 9. The van der Waals surface area contributed by atoms with Crippen LogP contribution >= 0.6 is 0 Å². The Labute approximate surface area is 157 Å². The van der Waals surface area contributed by atoms with E-state index in [0.717, 1.165) is 19.1 Å². The van der Waals surface area contributed by atoms with Gasteiger partial charge in [-0.1, -0.05) is 62.4 Å². The fraction of sp³-hybridized carbons (Fsp3) is 0.435. The summed E-state index contributed by atoms with van der Waals surface area (Å²) >= 11 is 0. The fourth-order valence-electron chi connectivity index (χ4n) is 3.10. The topological polar surface area (TPSA) is 52.3 Å². The van der Waals surface area contributed by atoms with Crippen molar-refractivity contribution in [3.63, 3.8) is 0 Å². The molecule has 0 saturated carbocycles. The summed E-state index contributed by atoms with van der Waals surface area (Å²) in [5, 5.41) is 0. The molecule has 0 aliphatic heterocycles. The molecular weight excluding hydrogens is 322 g/mol. The maximum Gasteiger partial charge on any atom is 0.141 e. The molecule has 2 aromatic carbocycles. The van der Waals surface area contributed by atoms with E-state index < -0.39 is 5.54 Å². The van der Waals surface area contributed by atoms with Crippen molar-refractivity contribution < 1.29 is 9.53 Å². The molecule has 0 aliphatic rings. The van der Waals surface area contributed by atoms with Gasteiger partial charge in [0.15, 0.2) is 0 Å². The lowest BCUT2D eigenvalue weighted by atomic mass is 9.86. The van der Waals surface area contributed by atoms with E-state index in [1.165, 1.54) is 22.3 Å². The number of nitrogens with two attached hydrogens (primary N) is 1. The van der Waals surface area contributed by atoms with E-state index in [-0.39, 0.29) is 18.6 Å². The zero-order valence-corrected chi connectivity index (χ0v) is 16.4. The highest BCUT2D eigenvalue weighted by atomic mass is 16.5. The zero-order valence-electron chi connectivity index (χ0n) is 16.4. The summed E-state index contributed by atoms with van der Waals surface area (Å²) in [5.74, 6) is 0.0919. The van der Waals surface area contributed by atoms with Crippen LogP contribution in [0.25, 0.3) is 0 Å². The van der Waals surface area contributed by atoms with Crippen LogP contribution in [0.4, 0.5) is 0 Å². The summed E-state index contributed by atoms with van der Waals surface area (Å²) in [7, 11) is 0. The molecule has 0 aromatic heterocycles. The second-order valence-electron chi connectivity index (χ2n) is 7.31. The second-order valence-corrected chi connectivity index (χ2v) is 7.31. The van der Waals surface area contributed by atoms with Crippen molar-refractivity contribution in [3.8, 4) is 0 Å². The Morgan fingerprint density at radius 3 is 1.73 bits per heavy atom. The largest absolute Gasteiger partial charge is 0.375 e. The lowest BCUT2D eigenvalue weighted by Gasteiger charge is -2.28. The van der Waals surface area contributed by atoms with Gasteiger partial charge in [-0.15, -0.1) is 0 Å². The molecule has 0 bridgehead atoms. The van der Waals surface area contributed by atoms with Crippen LogP contribution in [0.5, 0.6) is 0 Å². The lowest BCUT2D eigenvalue weighted by Crippen LogP contribution is -2.44. The first kappa shape index (κ1) is 20.3. The Kier molecular flexibility index (Phi) is 7.13. The summed E-state index contributed by atoms with van der Waals surface area (Å²) < 4.78 is 6.03. The van der Waals surface area contributed by atoms with Gasteiger partial charge in [0.1, 0.15) is 6.29 Å². The quantitative estimate of drug-likeness (QED) is 0.685. The molecule has 0 radical (unpaired) electrons. The van der Waals surface area contributed by atoms with Crippen LogP contribution in [0.2, 0.25) is 0 Å². The summed E-state index contributed by atoms with van der Waals surface area (Å²) in [6.45, 7) is 8.25. The van der Waals surface area contributed by atoms with Crippen LogP contribution in [-0.2, 0) is 22.4 Å². The first-order chi connectivity index (χ1) is 12.4. The number of carbonyl (C=O) groups excluding carboxylic acids is 1. The van der Waals surface area contributed by atoms with E-state index in [1.54, 1.807) is 6.92 Å². The Balaban J connectivity index is 2.31. The van der Waals surface area contributed by atoms with Crippen LogP contribution < -0.4 is 5.73 Å². The van der Waals surface area contributed by atoms with E-state index in [4.69, 9.17) is 10.5 Å². The number of aldehydes is 1. The van der Waals surface area contributed by atoms with Crippen molar-refractivity contribution >= 4 is 6.29 Å². The Hall–Kier alpha value is -1.97. The van der Waals surface area contributed by atoms with Crippen molar-refractivity contribution in [1.82, 2.24) is 0 Å². The normalized spacial score (nSPS) is 14.8. The van der Waals surface area contributed by atoms with Gasteiger partial charge in [-0.3, -0.25) is 0 Å². The van der Waals surface area contributed by atoms with E-state index in [1.807, 2.05) is 6.92 Å². The first-order valence-electron chi connectivity index (χ1n) is 9.44. The van der Waals surface area contributed by atoms with Crippen molar-refractivity contribution in [2.24, 2.45) is 5.73 Å². The highest BCUT2D eigenvalue weighted by molar-refractivity contribution is 5.63. The highest BCUT2D eigenvalue weighted by Crippen LogP contribution is 2.31. The van der Waals surface area contributed by atoms with Gasteiger partial charge >= 0.3 is 0 Å². The molecular formula is C23H31NO2. The molecule has 2 atom stereocenters. The predicted molar refractivity (Wildman–Crippen MR) is 108 cm³/mol. The summed E-state index contributed by atoms with van der Waals surface area (Å²) in [6, 6.07) is 17.4. The zero-order chi connectivity index (χ0) is 19.2. The minimum absolute atomic E-state index is 0.0919. The Morgan fingerprint density at radius 2 is 1.38 bits per heavy atom. The van der Waals surface area contributed by atoms with Gasteiger partial charge in [-0.25, -0.2) is 0 Å². The molecule has 26 heavy (non-hydrogen) atoms. The van der Waals surface area contributed by atoms with Gasteiger partial charge in [0.05, 0.1) is 18.2 Å². The summed E-state index contributed by atoms with van der Waals surface area (Å²) in [4.78, 5) is 11.1. The summed E-state index contributed by atoms with van der Waals surface area (Å²) in [5.41, 5.74) is 10.0. The average Bonchev–Trinajstić information content (AvgIpc) is 2.68. The molecule has 0 amide bonds. The summed E-state index contributed by atoms with van der Waals surface area (Å²) in [6.07, 6.45) is 2.69. The SMILES string of the molecule is CCc1ccc(C(c2ccc(CC)cc2)[C@H](C)OC[C@](C)(N)C=O)cc1.